The monoisotopic (exact) mass is 358 g/mol. The predicted octanol–water partition coefficient (Wildman–Crippen LogP) is 2.87. The molecule has 4 nitrogen and oxygen atoms in total. The number of halogens is 1. The molecule has 1 aromatic rings. The minimum atomic E-state index is -3.45. The molecule has 1 heterocycles. The number of benzene rings is 1. The first-order valence-corrected chi connectivity index (χ1v) is 10.3. The van der Waals surface area contributed by atoms with E-state index in [4.69, 9.17) is 11.6 Å². The first kappa shape index (κ1) is 18.7. The van der Waals surface area contributed by atoms with Gasteiger partial charge >= 0.3 is 0 Å². The van der Waals surface area contributed by atoms with Crippen molar-refractivity contribution >= 4 is 21.6 Å². The normalized spacial score (nSPS) is 21.3. The smallest absolute Gasteiger partial charge is 0.240 e. The average molecular weight is 359 g/mol. The molecule has 1 aliphatic rings. The summed E-state index contributed by atoms with van der Waals surface area (Å²) in [5.74, 6) is 1.23. The number of hydrogen-bond acceptors (Lipinski definition) is 3. The van der Waals surface area contributed by atoms with E-state index in [-0.39, 0.29) is 6.04 Å². The highest BCUT2D eigenvalue weighted by Crippen LogP contribution is 2.18. The number of rotatable bonds is 7. The number of aryl methyl sites for hydroxylation is 1. The Kier molecular flexibility index (Phi) is 6.89. The quantitative estimate of drug-likeness (QED) is 0.762. The Balaban J connectivity index is 1.92. The average Bonchev–Trinajstić information content (AvgIpc) is 2.53. The molecule has 1 fully saturated rings. The van der Waals surface area contributed by atoms with Crippen LogP contribution in [0.1, 0.15) is 32.3 Å². The van der Waals surface area contributed by atoms with Gasteiger partial charge in [0.05, 0.1) is 4.90 Å². The molecule has 0 saturated carbocycles. The van der Waals surface area contributed by atoms with Crippen LogP contribution in [0, 0.1) is 5.92 Å². The Hall–Kier alpha value is -0.620. The van der Waals surface area contributed by atoms with E-state index in [1.807, 2.05) is 12.1 Å². The second-order valence-corrected chi connectivity index (χ2v) is 8.67. The zero-order chi connectivity index (χ0) is 16.9. The summed E-state index contributed by atoms with van der Waals surface area (Å²) in [6.07, 6.45) is 3.21. The van der Waals surface area contributed by atoms with Gasteiger partial charge in [0, 0.05) is 25.0 Å². The van der Waals surface area contributed by atoms with E-state index in [0.717, 1.165) is 25.1 Å². The second kappa shape index (κ2) is 8.47. The van der Waals surface area contributed by atoms with Crippen LogP contribution in [0.3, 0.4) is 0 Å². The molecule has 0 spiro atoms. The maximum absolute atomic E-state index is 12.4. The molecule has 0 aliphatic carbocycles. The lowest BCUT2D eigenvalue weighted by Gasteiger charge is -2.35. The Bertz CT molecular complexity index is 589. The largest absolute Gasteiger partial charge is 0.299 e. The lowest BCUT2D eigenvalue weighted by atomic mass is 9.99. The van der Waals surface area contributed by atoms with Gasteiger partial charge in [-0.15, -0.1) is 11.6 Å². The van der Waals surface area contributed by atoms with Crippen LogP contribution in [0.25, 0.3) is 0 Å². The minimum Gasteiger partial charge on any atom is -0.299 e. The van der Waals surface area contributed by atoms with Gasteiger partial charge in [-0.2, -0.15) is 0 Å². The van der Waals surface area contributed by atoms with Crippen molar-refractivity contribution in [1.29, 1.82) is 0 Å². The molecular formula is C17H27ClN2O2S. The van der Waals surface area contributed by atoms with Crippen LogP contribution in [0.5, 0.6) is 0 Å². The van der Waals surface area contributed by atoms with Crippen LogP contribution >= 0.6 is 11.6 Å². The van der Waals surface area contributed by atoms with Crippen molar-refractivity contribution in [2.75, 3.05) is 25.5 Å². The fourth-order valence-corrected chi connectivity index (χ4v) is 4.35. The molecule has 1 saturated heterocycles. The molecule has 1 aliphatic heterocycles. The zero-order valence-corrected chi connectivity index (χ0v) is 15.5. The van der Waals surface area contributed by atoms with Crippen molar-refractivity contribution in [3.63, 3.8) is 0 Å². The summed E-state index contributed by atoms with van der Waals surface area (Å²) in [6.45, 7) is 6.89. The number of likely N-dealkylation sites (tertiary alicyclic amines) is 1. The maximum atomic E-state index is 12.4. The molecule has 2 rings (SSSR count). The highest BCUT2D eigenvalue weighted by molar-refractivity contribution is 7.89. The number of alkyl halides is 1. The topological polar surface area (TPSA) is 49.4 Å². The molecule has 0 bridgehead atoms. The van der Waals surface area contributed by atoms with E-state index >= 15 is 0 Å². The molecule has 6 heteroatoms. The number of piperidine rings is 1. The van der Waals surface area contributed by atoms with Gasteiger partial charge in [-0.25, -0.2) is 13.1 Å². The van der Waals surface area contributed by atoms with Crippen LogP contribution in [-0.2, 0) is 16.4 Å². The maximum Gasteiger partial charge on any atom is 0.240 e. The van der Waals surface area contributed by atoms with Crippen molar-refractivity contribution in [1.82, 2.24) is 9.62 Å². The van der Waals surface area contributed by atoms with Crippen molar-refractivity contribution < 1.29 is 8.42 Å². The molecule has 0 aromatic heterocycles. The van der Waals surface area contributed by atoms with E-state index in [2.05, 4.69) is 23.5 Å². The van der Waals surface area contributed by atoms with E-state index in [1.54, 1.807) is 12.1 Å². The van der Waals surface area contributed by atoms with Crippen LogP contribution in [-0.4, -0.2) is 44.9 Å². The highest BCUT2D eigenvalue weighted by Gasteiger charge is 2.22. The summed E-state index contributed by atoms with van der Waals surface area (Å²) in [5.41, 5.74) is 1.05. The third-order valence-electron chi connectivity index (χ3n) is 4.50. The Morgan fingerprint density at radius 1 is 1.35 bits per heavy atom. The molecule has 0 unspecified atom stereocenters. The lowest BCUT2D eigenvalue weighted by molar-refractivity contribution is 0.140. The second-order valence-electron chi connectivity index (χ2n) is 6.53. The van der Waals surface area contributed by atoms with Gasteiger partial charge in [-0.3, -0.25) is 4.90 Å². The number of nitrogens with zero attached hydrogens (tertiary/aromatic N) is 1. The molecule has 0 amide bonds. The predicted molar refractivity (Wildman–Crippen MR) is 95.5 cm³/mol. The molecule has 23 heavy (non-hydrogen) atoms. The summed E-state index contributed by atoms with van der Waals surface area (Å²) in [7, 11) is -3.45. The highest BCUT2D eigenvalue weighted by atomic mass is 35.5. The summed E-state index contributed by atoms with van der Waals surface area (Å²) in [5, 5.41) is 0. The summed E-state index contributed by atoms with van der Waals surface area (Å²) >= 11 is 5.70. The van der Waals surface area contributed by atoms with Gasteiger partial charge in [0.2, 0.25) is 10.0 Å². The standard InChI is InChI=1S/C17H27ClN2O2S/c1-14-4-3-11-20(13-14)15(2)12-19-23(21,22)17-7-5-16(6-8-17)9-10-18/h5-8,14-15,19H,3-4,9-13H2,1-2H3/t14-,15+/m0/s1. The van der Waals surface area contributed by atoms with Crippen molar-refractivity contribution in [2.45, 2.75) is 44.0 Å². The van der Waals surface area contributed by atoms with Crippen LogP contribution in [0.4, 0.5) is 0 Å². The van der Waals surface area contributed by atoms with Gasteiger partial charge in [0.1, 0.15) is 0 Å². The van der Waals surface area contributed by atoms with Crippen molar-refractivity contribution in [3.8, 4) is 0 Å². The fourth-order valence-electron chi connectivity index (χ4n) is 3.01. The van der Waals surface area contributed by atoms with Gasteiger partial charge in [0.25, 0.3) is 0 Å². The van der Waals surface area contributed by atoms with E-state index in [9.17, 15) is 8.42 Å². The van der Waals surface area contributed by atoms with Crippen molar-refractivity contribution in [3.05, 3.63) is 29.8 Å². The van der Waals surface area contributed by atoms with Gasteiger partial charge in [-0.05, 0) is 56.3 Å². The first-order valence-electron chi connectivity index (χ1n) is 8.31. The molecule has 1 N–H and O–H groups in total. The molecule has 130 valence electrons. The van der Waals surface area contributed by atoms with Gasteiger partial charge in [0.15, 0.2) is 0 Å². The van der Waals surface area contributed by atoms with Gasteiger partial charge < -0.3 is 0 Å². The Morgan fingerprint density at radius 2 is 2.04 bits per heavy atom. The SMILES string of the molecule is C[C@H]1CCCN([C@H](C)CNS(=O)(=O)c2ccc(CCCl)cc2)C1. The summed E-state index contributed by atoms with van der Waals surface area (Å²) < 4.78 is 27.5. The third kappa shape index (κ3) is 5.45. The van der Waals surface area contributed by atoms with E-state index in [0.29, 0.717) is 23.2 Å². The fraction of sp³-hybridized carbons (Fsp3) is 0.647. The Morgan fingerprint density at radius 3 is 2.65 bits per heavy atom. The lowest BCUT2D eigenvalue weighted by Crippen LogP contribution is -2.46. The van der Waals surface area contributed by atoms with Crippen LogP contribution in [0.2, 0.25) is 0 Å². The number of nitrogens with one attached hydrogen (secondary N) is 1. The minimum absolute atomic E-state index is 0.211. The van der Waals surface area contributed by atoms with Crippen LogP contribution in [0.15, 0.2) is 29.2 Å². The van der Waals surface area contributed by atoms with Crippen LogP contribution < -0.4 is 4.72 Å². The van der Waals surface area contributed by atoms with E-state index < -0.39 is 10.0 Å². The molecule has 1 aromatic carbocycles. The number of hydrogen-bond donors (Lipinski definition) is 1. The molecular weight excluding hydrogens is 332 g/mol. The number of sulfonamides is 1. The zero-order valence-electron chi connectivity index (χ0n) is 14.0. The molecule has 2 atom stereocenters. The van der Waals surface area contributed by atoms with E-state index in [1.165, 1.54) is 12.8 Å². The first-order chi connectivity index (χ1) is 10.9. The Labute approximate surface area is 145 Å². The summed E-state index contributed by atoms with van der Waals surface area (Å²) in [4.78, 5) is 2.69. The molecule has 0 radical (unpaired) electrons. The van der Waals surface area contributed by atoms with Crippen molar-refractivity contribution in [2.24, 2.45) is 5.92 Å². The summed E-state index contributed by atoms with van der Waals surface area (Å²) in [6, 6.07) is 7.16. The third-order valence-corrected chi connectivity index (χ3v) is 6.13. The van der Waals surface area contributed by atoms with Gasteiger partial charge in [-0.1, -0.05) is 19.1 Å².